The van der Waals surface area contributed by atoms with Crippen LogP contribution >= 0.6 is 22.9 Å². The molecule has 1 aromatic carbocycles. The zero-order valence-corrected chi connectivity index (χ0v) is 15.9. The molecule has 0 bridgehead atoms. The number of aliphatic hydroxyl groups is 1. The first-order valence-electron chi connectivity index (χ1n) is 7.43. The van der Waals surface area contributed by atoms with E-state index in [1.54, 1.807) is 5.38 Å². The van der Waals surface area contributed by atoms with Gasteiger partial charge in [0.1, 0.15) is 22.2 Å². The summed E-state index contributed by atoms with van der Waals surface area (Å²) in [7, 11) is -4.25. The van der Waals surface area contributed by atoms with Crippen molar-refractivity contribution in [3.05, 3.63) is 57.4 Å². The Hall–Kier alpha value is -2.34. The van der Waals surface area contributed by atoms with Crippen LogP contribution < -0.4 is 5.32 Å². The molecule has 142 valence electrons. The van der Waals surface area contributed by atoms with Crippen molar-refractivity contribution in [2.75, 3.05) is 18.5 Å². The second kappa shape index (κ2) is 7.72. The minimum absolute atomic E-state index is 0.00137. The van der Waals surface area contributed by atoms with Gasteiger partial charge in [-0.3, -0.25) is 4.79 Å². The summed E-state index contributed by atoms with van der Waals surface area (Å²) in [5.41, 5.74) is -0.0851. The van der Waals surface area contributed by atoms with E-state index in [1.807, 2.05) is 0 Å². The Kier molecular flexibility index (Phi) is 5.56. The van der Waals surface area contributed by atoms with Crippen LogP contribution in [0.5, 0.6) is 0 Å². The lowest BCUT2D eigenvalue weighted by Gasteiger charge is -2.26. The predicted octanol–water partition coefficient (Wildman–Crippen LogP) is 1.80. The van der Waals surface area contributed by atoms with Crippen LogP contribution in [0.15, 0.2) is 45.9 Å². The summed E-state index contributed by atoms with van der Waals surface area (Å²) in [5, 5.41) is 13.4. The fourth-order valence-corrected chi connectivity index (χ4v) is 4.27. The summed E-state index contributed by atoms with van der Waals surface area (Å²) in [4.78, 5) is 16.7. The van der Waals surface area contributed by atoms with Crippen LogP contribution in [0.25, 0.3) is 0 Å². The van der Waals surface area contributed by atoms with Crippen LogP contribution in [0.3, 0.4) is 0 Å². The largest absolute Gasteiger partial charge is 0.394 e. The molecule has 1 aliphatic heterocycles. The van der Waals surface area contributed by atoms with Crippen LogP contribution in [-0.2, 0) is 15.0 Å². The van der Waals surface area contributed by atoms with Gasteiger partial charge in [0.25, 0.3) is 5.91 Å². The summed E-state index contributed by atoms with van der Waals surface area (Å²) < 4.78 is 42.5. The number of rotatable bonds is 5. The molecule has 0 aliphatic carbocycles. The maximum Gasteiger partial charge on any atom is 0.345 e. The lowest BCUT2D eigenvalue weighted by molar-refractivity contribution is -0.113. The van der Waals surface area contributed by atoms with Crippen molar-refractivity contribution in [2.45, 2.75) is 0 Å². The SMILES string of the molecule is O=C(Nc1ccc(F)c(Cl)c1)C1=CC(c2nccs2)=NS(=O)(=O)N1CCO. The third-order valence-corrected chi connectivity index (χ3v) is 5.85. The van der Waals surface area contributed by atoms with Gasteiger partial charge in [-0.15, -0.1) is 15.7 Å². The van der Waals surface area contributed by atoms with E-state index in [-0.39, 0.29) is 28.7 Å². The van der Waals surface area contributed by atoms with Gasteiger partial charge in [0.15, 0.2) is 0 Å². The van der Waals surface area contributed by atoms with Crippen LogP contribution in [0.4, 0.5) is 10.1 Å². The minimum atomic E-state index is -4.25. The number of nitrogens with zero attached hydrogens (tertiary/aromatic N) is 3. The number of thiazole rings is 1. The Morgan fingerprint density at radius 3 is 2.81 bits per heavy atom. The number of anilines is 1. The highest BCUT2D eigenvalue weighted by molar-refractivity contribution is 7.88. The van der Waals surface area contributed by atoms with Gasteiger partial charge in [0.2, 0.25) is 0 Å². The molecule has 2 N–H and O–H groups in total. The molecular formula is C15H12ClFN4O4S2. The zero-order chi connectivity index (χ0) is 19.6. The fraction of sp³-hybridized carbons (Fsp3) is 0.133. The molecule has 27 heavy (non-hydrogen) atoms. The fourth-order valence-electron chi connectivity index (χ4n) is 2.25. The highest BCUT2D eigenvalue weighted by atomic mass is 35.5. The van der Waals surface area contributed by atoms with Gasteiger partial charge >= 0.3 is 10.2 Å². The van der Waals surface area contributed by atoms with Gasteiger partial charge in [-0.1, -0.05) is 11.6 Å². The van der Waals surface area contributed by atoms with E-state index in [1.165, 1.54) is 24.4 Å². The Bertz CT molecular complexity index is 1040. The molecule has 0 radical (unpaired) electrons. The smallest absolute Gasteiger partial charge is 0.345 e. The van der Waals surface area contributed by atoms with E-state index in [4.69, 9.17) is 11.6 Å². The highest BCUT2D eigenvalue weighted by Crippen LogP contribution is 2.24. The maximum atomic E-state index is 13.3. The molecule has 0 spiro atoms. The number of allylic oxidation sites excluding steroid dienone is 1. The summed E-state index contributed by atoms with van der Waals surface area (Å²) >= 11 is 6.85. The average molecular weight is 431 g/mol. The van der Waals surface area contributed by atoms with Crippen LogP contribution in [0.1, 0.15) is 5.01 Å². The van der Waals surface area contributed by atoms with E-state index in [0.29, 0.717) is 9.31 Å². The second-order valence-corrected chi connectivity index (χ2v) is 8.02. The van der Waals surface area contributed by atoms with E-state index in [2.05, 4.69) is 14.7 Å². The lowest BCUT2D eigenvalue weighted by Crippen LogP contribution is -2.40. The number of halogens is 2. The Morgan fingerprint density at radius 1 is 1.41 bits per heavy atom. The lowest BCUT2D eigenvalue weighted by atomic mass is 10.2. The summed E-state index contributed by atoms with van der Waals surface area (Å²) in [6.45, 7) is -0.880. The molecule has 0 atom stereocenters. The van der Waals surface area contributed by atoms with Crippen LogP contribution in [0.2, 0.25) is 5.02 Å². The number of amides is 1. The minimum Gasteiger partial charge on any atom is -0.394 e. The molecule has 0 saturated carbocycles. The summed E-state index contributed by atoms with van der Waals surface area (Å²) in [5.74, 6) is -1.45. The van der Waals surface area contributed by atoms with Gasteiger partial charge in [-0.05, 0) is 24.3 Å². The molecule has 2 aromatic rings. The maximum absolute atomic E-state index is 13.3. The summed E-state index contributed by atoms with van der Waals surface area (Å²) in [6, 6.07) is 3.54. The molecule has 1 aromatic heterocycles. The van der Waals surface area contributed by atoms with Gasteiger partial charge in [-0.2, -0.15) is 8.42 Å². The Labute approximate surface area is 162 Å². The first-order chi connectivity index (χ1) is 12.8. The first kappa shape index (κ1) is 19.4. The number of carbonyl (C=O) groups is 1. The van der Waals surface area contributed by atoms with Gasteiger partial charge in [0.05, 0.1) is 18.2 Å². The van der Waals surface area contributed by atoms with Gasteiger partial charge in [0, 0.05) is 17.3 Å². The zero-order valence-electron chi connectivity index (χ0n) is 13.5. The van der Waals surface area contributed by atoms with Crippen molar-refractivity contribution in [2.24, 2.45) is 4.40 Å². The molecule has 12 heteroatoms. The van der Waals surface area contributed by atoms with Crippen LogP contribution in [0, 0.1) is 5.82 Å². The first-order valence-corrected chi connectivity index (χ1v) is 10.1. The molecule has 3 rings (SSSR count). The monoisotopic (exact) mass is 430 g/mol. The number of nitrogens with one attached hydrogen (secondary N) is 1. The highest BCUT2D eigenvalue weighted by Gasteiger charge is 2.33. The predicted molar refractivity (Wildman–Crippen MR) is 99.5 cm³/mol. The number of aromatic nitrogens is 1. The van der Waals surface area contributed by atoms with Gasteiger partial charge in [-0.25, -0.2) is 13.7 Å². The number of β-amino-alcohol motifs (C(OH)–C–C–N with tert-alkyl or cyclic N) is 1. The van der Waals surface area contributed by atoms with Crippen molar-refractivity contribution in [1.82, 2.24) is 9.29 Å². The molecule has 1 aliphatic rings. The number of aliphatic hydroxyl groups excluding tert-OH is 1. The van der Waals surface area contributed by atoms with E-state index < -0.39 is 28.5 Å². The molecule has 1 amide bonds. The summed E-state index contributed by atoms with van der Waals surface area (Å²) in [6.07, 6.45) is 2.74. The van der Waals surface area contributed by atoms with E-state index >= 15 is 0 Å². The normalized spacial score (nSPS) is 15.9. The molecule has 0 saturated heterocycles. The molecule has 2 heterocycles. The number of benzene rings is 1. The third kappa shape index (κ3) is 4.16. The van der Waals surface area contributed by atoms with E-state index in [0.717, 1.165) is 17.4 Å². The molecule has 8 nitrogen and oxygen atoms in total. The number of carbonyl (C=O) groups excluding carboxylic acids is 1. The topological polar surface area (TPSA) is 112 Å². The van der Waals surface area contributed by atoms with Gasteiger partial charge < -0.3 is 10.4 Å². The second-order valence-electron chi connectivity index (χ2n) is 5.20. The Balaban J connectivity index is 1.98. The molecule has 0 unspecified atom stereocenters. The number of hydrogen-bond acceptors (Lipinski definition) is 6. The molecular weight excluding hydrogens is 419 g/mol. The third-order valence-electron chi connectivity index (χ3n) is 3.40. The van der Waals surface area contributed by atoms with Crippen LogP contribution in [-0.4, -0.2) is 47.6 Å². The average Bonchev–Trinajstić information content (AvgIpc) is 3.14. The Morgan fingerprint density at radius 2 is 2.19 bits per heavy atom. The van der Waals surface area contributed by atoms with E-state index in [9.17, 15) is 22.7 Å². The number of hydrogen-bond donors (Lipinski definition) is 2. The van der Waals surface area contributed by atoms with Crippen molar-refractivity contribution >= 4 is 50.5 Å². The van der Waals surface area contributed by atoms with Crippen molar-refractivity contribution < 1.29 is 22.7 Å². The van der Waals surface area contributed by atoms with Crippen molar-refractivity contribution in [1.29, 1.82) is 0 Å². The van der Waals surface area contributed by atoms with Crippen molar-refractivity contribution in [3.63, 3.8) is 0 Å². The quantitative estimate of drug-likeness (QED) is 0.751. The standard InChI is InChI=1S/C15H12ClFN4O4S2/c16-10-7-9(1-2-11(10)17)19-14(23)13-8-12(15-18-3-6-26-15)20-27(24,25)21(13)4-5-22/h1-3,6-8,22H,4-5H2,(H,19,23). The molecule has 0 fully saturated rings. The van der Waals surface area contributed by atoms with Crippen molar-refractivity contribution in [3.8, 4) is 0 Å².